The van der Waals surface area contributed by atoms with Crippen molar-refractivity contribution in [2.45, 2.75) is 6.42 Å². The van der Waals surface area contributed by atoms with Crippen LogP contribution in [0.2, 0.25) is 0 Å². The highest BCUT2D eigenvalue weighted by Crippen LogP contribution is 2.23. The van der Waals surface area contributed by atoms with Gasteiger partial charge in [-0.1, -0.05) is 30.3 Å². The minimum atomic E-state index is -0.0500. The normalized spacial score (nSPS) is 11.2. The third kappa shape index (κ3) is 3.36. The Labute approximate surface area is 166 Å². The van der Waals surface area contributed by atoms with Gasteiger partial charge in [-0.2, -0.15) is 5.10 Å². The first-order valence-electron chi connectivity index (χ1n) is 9.28. The molecule has 0 spiro atoms. The number of pyridine rings is 1. The van der Waals surface area contributed by atoms with Gasteiger partial charge in [-0.15, -0.1) is 0 Å². The van der Waals surface area contributed by atoms with Crippen LogP contribution < -0.4 is 0 Å². The summed E-state index contributed by atoms with van der Waals surface area (Å²) in [4.78, 5) is 26.1. The lowest BCUT2D eigenvalue weighted by molar-refractivity contribution is 0.0990. The van der Waals surface area contributed by atoms with Crippen molar-refractivity contribution in [1.29, 1.82) is 0 Å². The minimum absolute atomic E-state index is 0.0500. The standard InChI is InChI=1S/C23H17N5O/c1-28-14-19(13-26-28)15-6-7-17-11-25-23(27-21(17)9-15)10-22(29)18-8-16-4-2-3-5-20(16)24-12-18/h2-9,11-14H,10H2,1H3. The fourth-order valence-corrected chi connectivity index (χ4v) is 3.37. The highest BCUT2D eigenvalue weighted by Gasteiger charge is 2.12. The first kappa shape index (κ1) is 17.2. The topological polar surface area (TPSA) is 73.6 Å². The summed E-state index contributed by atoms with van der Waals surface area (Å²) in [5, 5.41) is 6.09. The number of rotatable bonds is 4. The van der Waals surface area contributed by atoms with E-state index in [0.717, 1.165) is 32.9 Å². The van der Waals surface area contributed by atoms with Crippen molar-refractivity contribution in [1.82, 2.24) is 24.7 Å². The molecule has 140 valence electrons. The summed E-state index contributed by atoms with van der Waals surface area (Å²) >= 11 is 0. The van der Waals surface area contributed by atoms with E-state index in [1.165, 1.54) is 0 Å². The number of ketones is 1. The van der Waals surface area contributed by atoms with E-state index in [9.17, 15) is 4.79 Å². The molecule has 3 aromatic heterocycles. The van der Waals surface area contributed by atoms with Crippen molar-refractivity contribution in [2.75, 3.05) is 0 Å². The number of benzene rings is 2. The number of Topliss-reactive ketones (excluding diaryl/α,β-unsaturated/α-hetero) is 1. The number of hydrogen-bond acceptors (Lipinski definition) is 5. The number of aromatic nitrogens is 5. The number of carbonyl (C=O) groups excluding carboxylic acids is 1. The number of fused-ring (bicyclic) bond motifs is 2. The quantitative estimate of drug-likeness (QED) is 0.441. The molecule has 0 radical (unpaired) electrons. The van der Waals surface area contributed by atoms with Gasteiger partial charge in [-0.05, 0) is 23.8 Å². The van der Waals surface area contributed by atoms with Crippen molar-refractivity contribution in [3.05, 3.63) is 84.7 Å². The van der Waals surface area contributed by atoms with Crippen LogP contribution in [0.1, 0.15) is 16.2 Å². The zero-order valence-electron chi connectivity index (χ0n) is 15.8. The van der Waals surface area contributed by atoms with E-state index >= 15 is 0 Å². The van der Waals surface area contributed by atoms with Gasteiger partial charge in [0.05, 0.1) is 23.7 Å². The smallest absolute Gasteiger partial charge is 0.172 e. The lowest BCUT2D eigenvalue weighted by atomic mass is 10.1. The van der Waals surface area contributed by atoms with E-state index in [1.54, 1.807) is 17.1 Å². The van der Waals surface area contributed by atoms with E-state index < -0.39 is 0 Å². The Bertz CT molecular complexity index is 1370. The second kappa shape index (κ2) is 6.91. The number of para-hydroxylation sites is 1. The zero-order valence-corrected chi connectivity index (χ0v) is 15.8. The molecule has 6 nitrogen and oxygen atoms in total. The summed E-state index contributed by atoms with van der Waals surface area (Å²) in [5.74, 6) is 0.449. The maximum Gasteiger partial charge on any atom is 0.172 e. The van der Waals surface area contributed by atoms with E-state index in [0.29, 0.717) is 11.4 Å². The molecule has 6 heteroatoms. The third-order valence-corrected chi connectivity index (χ3v) is 4.90. The van der Waals surface area contributed by atoms with Gasteiger partial charge in [0.1, 0.15) is 5.82 Å². The van der Waals surface area contributed by atoms with E-state index in [2.05, 4.69) is 20.1 Å². The van der Waals surface area contributed by atoms with Crippen LogP contribution in [0.4, 0.5) is 0 Å². The highest BCUT2D eigenvalue weighted by atomic mass is 16.1. The molecule has 0 bridgehead atoms. The Balaban J connectivity index is 1.45. The van der Waals surface area contributed by atoms with Crippen LogP contribution >= 0.6 is 0 Å². The molecule has 0 aliphatic carbocycles. The fourth-order valence-electron chi connectivity index (χ4n) is 3.37. The van der Waals surface area contributed by atoms with Crippen LogP contribution in [0, 0.1) is 0 Å². The van der Waals surface area contributed by atoms with Gasteiger partial charge in [-0.25, -0.2) is 9.97 Å². The van der Waals surface area contributed by atoms with Crippen LogP contribution in [0.5, 0.6) is 0 Å². The molecule has 0 saturated heterocycles. The molecule has 5 aromatic rings. The van der Waals surface area contributed by atoms with Crippen molar-refractivity contribution in [2.24, 2.45) is 7.05 Å². The summed E-state index contributed by atoms with van der Waals surface area (Å²) < 4.78 is 1.77. The molecule has 0 saturated carbocycles. The molecule has 2 aromatic carbocycles. The molecule has 0 aliphatic heterocycles. The van der Waals surface area contributed by atoms with E-state index in [1.807, 2.05) is 68.0 Å². The minimum Gasteiger partial charge on any atom is -0.294 e. The van der Waals surface area contributed by atoms with Crippen LogP contribution in [0.15, 0.2) is 73.3 Å². The van der Waals surface area contributed by atoms with Crippen molar-refractivity contribution in [3.63, 3.8) is 0 Å². The van der Waals surface area contributed by atoms with Crippen molar-refractivity contribution in [3.8, 4) is 11.1 Å². The van der Waals surface area contributed by atoms with Crippen LogP contribution in [-0.4, -0.2) is 30.5 Å². The van der Waals surface area contributed by atoms with Gasteiger partial charge in [0, 0.05) is 47.5 Å². The van der Waals surface area contributed by atoms with Crippen LogP contribution in [-0.2, 0) is 13.5 Å². The van der Waals surface area contributed by atoms with Gasteiger partial charge in [0.2, 0.25) is 0 Å². The predicted octanol–water partition coefficient (Wildman–Crippen LogP) is 4.00. The van der Waals surface area contributed by atoms with Gasteiger partial charge in [-0.3, -0.25) is 14.5 Å². The second-order valence-corrected chi connectivity index (χ2v) is 6.98. The number of aryl methyl sites for hydroxylation is 1. The van der Waals surface area contributed by atoms with E-state index in [4.69, 9.17) is 0 Å². The molecule has 0 unspecified atom stereocenters. The molecular weight excluding hydrogens is 362 g/mol. The summed E-state index contributed by atoms with van der Waals surface area (Å²) in [6, 6.07) is 15.6. The monoisotopic (exact) mass is 379 g/mol. The third-order valence-electron chi connectivity index (χ3n) is 4.90. The summed E-state index contributed by atoms with van der Waals surface area (Å²) in [6.45, 7) is 0. The maximum atomic E-state index is 12.8. The lowest BCUT2D eigenvalue weighted by Crippen LogP contribution is -2.07. The zero-order chi connectivity index (χ0) is 19.8. The summed E-state index contributed by atoms with van der Waals surface area (Å²) in [6.07, 6.45) is 7.29. The molecule has 0 atom stereocenters. The number of carbonyl (C=O) groups is 1. The molecule has 0 amide bonds. The molecule has 3 heterocycles. The highest BCUT2D eigenvalue weighted by molar-refractivity contribution is 5.99. The first-order valence-corrected chi connectivity index (χ1v) is 9.28. The molecule has 0 fully saturated rings. The molecule has 0 N–H and O–H groups in total. The largest absolute Gasteiger partial charge is 0.294 e. The maximum absolute atomic E-state index is 12.8. The summed E-state index contributed by atoms with van der Waals surface area (Å²) in [7, 11) is 1.89. The Morgan fingerprint density at radius 1 is 0.897 bits per heavy atom. The van der Waals surface area contributed by atoms with Crippen LogP contribution in [0.3, 0.4) is 0 Å². The number of hydrogen-bond donors (Lipinski definition) is 0. The van der Waals surface area contributed by atoms with Gasteiger partial charge in [0.25, 0.3) is 0 Å². The molecule has 5 rings (SSSR count). The fraction of sp³-hybridized carbons (Fsp3) is 0.0870. The molecule has 0 aliphatic rings. The average molecular weight is 379 g/mol. The van der Waals surface area contributed by atoms with Crippen molar-refractivity contribution >= 4 is 27.6 Å². The van der Waals surface area contributed by atoms with Crippen molar-refractivity contribution < 1.29 is 4.79 Å². The predicted molar refractivity (Wildman–Crippen MR) is 112 cm³/mol. The first-order chi connectivity index (χ1) is 14.2. The average Bonchev–Trinajstić information content (AvgIpc) is 3.19. The Morgan fingerprint density at radius 2 is 1.79 bits per heavy atom. The number of nitrogens with zero attached hydrogens (tertiary/aromatic N) is 5. The van der Waals surface area contributed by atoms with Gasteiger partial charge < -0.3 is 0 Å². The van der Waals surface area contributed by atoms with Gasteiger partial charge >= 0.3 is 0 Å². The Morgan fingerprint density at radius 3 is 2.66 bits per heavy atom. The summed E-state index contributed by atoms with van der Waals surface area (Å²) in [5.41, 5.74) is 4.29. The SMILES string of the molecule is Cn1cc(-c2ccc3cnc(CC(=O)c4cnc5ccccc5c4)nc3c2)cn1. The lowest BCUT2D eigenvalue weighted by Gasteiger charge is -2.05. The molecule has 29 heavy (non-hydrogen) atoms. The van der Waals surface area contributed by atoms with Crippen LogP contribution in [0.25, 0.3) is 32.9 Å². The Kier molecular flexibility index (Phi) is 4.09. The molecular formula is C23H17N5O. The Hall–Kier alpha value is -3.93. The van der Waals surface area contributed by atoms with E-state index in [-0.39, 0.29) is 12.2 Å². The van der Waals surface area contributed by atoms with Gasteiger partial charge in [0.15, 0.2) is 5.78 Å². The second-order valence-electron chi connectivity index (χ2n) is 6.98.